The molecule has 2 N–H and O–H groups in total. The Hall–Kier alpha value is -1.79. The molecule has 1 unspecified atom stereocenters. The normalized spacial score (nSPS) is 13.0. The van der Waals surface area contributed by atoms with Gasteiger partial charge in [-0.2, -0.15) is 0 Å². The molecule has 0 aromatic rings. The lowest BCUT2D eigenvalue weighted by molar-refractivity contribution is -0.117. The van der Waals surface area contributed by atoms with Gasteiger partial charge in [0.25, 0.3) is 0 Å². The predicted molar refractivity (Wildman–Crippen MR) is 87.3 cm³/mol. The quantitative estimate of drug-likeness (QED) is 0.781. The fraction of sp³-hybridized carbons (Fsp3) is 0.812. The third-order valence-electron chi connectivity index (χ3n) is 2.46. The van der Waals surface area contributed by atoms with Gasteiger partial charge in [-0.15, -0.1) is 0 Å². The lowest BCUT2D eigenvalue weighted by atomic mass is 10.1. The monoisotopic (exact) mass is 330 g/mol. The molecule has 1 atom stereocenters. The summed E-state index contributed by atoms with van der Waals surface area (Å²) in [5, 5.41) is 5.25. The Bertz CT molecular complexity index is 421. The topological polar surface area (TPSA) is 93.7 Å². The molecular formula is C16H30N2O5. The summed E-state index contributed by atoms with van der Waals surface area (Å²) in [6.07, 6.45) is -0.450. The van der Waals surface area contributed by atoms with Crippen LogP contribution in [-0.4, -0.2) is 41.8 Å². The first-order valence-electron chi connectivity index (χ1n) is 7.74. The average molecular weight is 330 g/mol. The molecule has 0 aliphatic carbocycles. The predicted octanol–water partition coefficient (Wildman–Crippen LogP) is 2.77. The number of amides is 2. The number of ether oxygens (including phenoxy) is 2. The van der Waals surface area contributed by atoms with Crippen LogP contribution in [0.3, 0.4) is 0 Å². The second kappa shape index (κ2) is 8.74. The van der Waals surface area contributed by atoms with Crippen molar-refractivity contribution in [3.8, 4) is 0 Å². The zero-order chi connectivity index (χ0) is 18.3. The minimum Gasteiger partial charge on any atom is -0.444 e. The van der Waals surface area contributed by atoms with Gasteiger partial charge in [0.15, 0.2) is 0 Å². The maximum absolute atomic E-state index is 11.8. The van der Waals surface area contributed by atoms with Crippen molar-refractivity contribution in [1.82, 2.24) is 10.6 Å². The first-order valence-corrected chi connectivity index (χ1v) is 7.74. The molecule has 0 saturated heterocycles. The van der Waals surface area contributed by atoms with Crippen LogP contribution in [0.4, 0.5) is 9.59 Å². The zero-order valence-corrected chi connectivity index (χ0v) is 15.2. The average Bonchev–Trinajstić information content (AvgIpc) is 2.27. The van der Waals surface area contributed by atoms with Crippen molar-refractivity contribution < 1.29 is 23.9 Å². The van der Waals surface area contributed by atoms with Gasteiger partial charge in [0.05, 0.1) is 6.04 Å². The van der Waals surface area contributed by atoms with Gasteiger partial charge in [-0.05, 0) is 54.9 Å². The second-order valence-corrected chi connectivity index (χ2v) is 7.47. The van der Waals surface area contributed by atoms with Crippen LogP contribution in [0.5, 0.6) is 0 Å². The SMILES string of the molecule is CC(=O)CCC(CNC(=O)OC(C)(C)C)NC(=O)OC(C)(C)C. The van der Waals surface area contributed by atoms with Gasteiger partial charge < -0.3 is 24.9 Å². The minimum atomic E-state index is -0.617. The molecular weight excluding hydrogens is 300 g/mol. The number of alkyl carbamates (subject to hydrolysis) is 2. The molecule has 0 fully saturated rings. The molecule has 0 saturated carbocycles. The van der Waals surface area contributed by atoms with E-state index in [1.54, 1.807) is 41.5 Å². The van der Waals surface area contributed by atoms with E-state index in [4.69, 9.17) is 9.47 Å². The van der Waals surface area contributed by atoms with E-state index in [-0.39, 0.29) is 12.3 Å². The maximum atomic E-state index is 11.8. The highest BCUT2D eigenvalue weighted by Gasteiger charge is 2.21. The lowest BCUT2D eigenvalue weighted by Gasteiger charge is -2.24. The Morgan fingerprint density at radius 2 is 1.39 bits per heavy atom. The summed E-state index contributed by atoms with van der Waals surface area (Å²) in [6, 6.07) is -0.415. The molecule has 0 aliphatic heterocycles. The molecule has 0 spiro atoms. The van der Waals surface area contributed by atoms with E-state index in [1.165, 1.54) is 6.92 Å². The number of nitrogens with one attached hydrogen (secondary N) is 2. The molecule has 0 rings (SSSR count). The highest BCUT2D eigenvalue weighted by Crippen LogP contribution is 2.09. The van der Waals surface area contributed by atoms with Crippen molar-refractivity contribution in [2.24, 2.45) is 0 Å². The van der Waals surface area contributed by atoms with Crippen LogP contribution in [0.2, 0.25) is 0 Å². The Labute approximate surface area is 138 Å². The fourth-order valence-corrected chi connectivity index (χ4v) is 1.60. The van der Waals surface area contributed by atoms with Crippen LogP contribution >= 0.6 is 0 Å². The third kappa shape index (κ3) is 13.6. The molecule has 0 bridgehead atoms. The number of Topliss-reactive ketones (excluding diaryl/α,β-unsaturated/α-hetero) is 1. The standard InChI is InChI=1S/C16H30N2O5/c1-11(19)8-9-12(18-14(21)23-16(5,6)7)10-17-13(20)22-15(2,3)4/h12H,8-10H2,1-7H3,(H,17,20)(H,18,21). The largest absolute Gasteiger partial charge is 0.444 e. The fourth-order valence-electron chi connectivity index (χ4n) is 1.60. The Morgan fingerprint density at radius 1 is 0.913 bits per heavy atom. The van der Waals surface area contributed by atoms with E-state index >= 15 is 0 Å². The van der Waals surface area contributed by atoms with Crippen molar-refractivity contribution in [1.29, 1.82) is 0 Å². The number of hydrogen-bond acceptors (Lipinski definition) is 5. The van der Waals surface area contributed by atoms with Gasteiger partial charge in [0.2, 0.25) is 0 Å². The molecule has 134 valence electrons. The van der Waals surface area contributed by atoms with Crippen molar-refractivity contribution >= 4 is 18.0 Å². The molecule has 0 aliphatic rings. The molecule has 0 aromatic carbocycles. The van der Waals surface area contributed by atoms with E-state index in [1.807, 2.05) is 0 Å². The summed E-state index contributed by atoms with van der Waals surface area (Å²) < 4.78 is 10.3. The van der Waals surface area contributed by atoms with E-state index in [9.17, 15) is 14.4 Å². The van der Waals surface area contributed by atoms with Crippen molar-refractivity contribution in [3.63, 3.8) is 0 Å². The lowest BCUT2D eigenvalue weighted by Crippen LogP contribution is -2.46. The summed E-state index contributed by atoms with van der Waals surface area (Å²) in [4.78, 5) is 34.6. The van der Waals surface area contributed by atoms with E-state index in [0.717, 1.165) is 0 Å². The van der Waals surface area contributed by atoms with E-state index < -0.39 is 29.4 Å². The Morgan fingerprint density at radius 3 is 1.83 bits per heavy atom. The summed E-state index contributed by atoms with van der Waals surface area (Å²) in [5.41, 5.74) is -1.22. The molecule has 7 heteroatoms. The van der Waals surface area contributed by atoms with E-state index in [2.05, 4.69) is 10.6 Å². The highest BCUT2D eigenvalue weighted by molar-refractivity contribution is 5.75. The second-order valence-electron chi connectivity index (χ2n) is 7.47. The minimum absolute atomic E-state index is 0.0123. The van der Waals surface area contributed by atoms with Gasteiger partial charge in [0.1, 0.15) is 17.0 Å². The van der Waals surface area contributed by atoms with Gasteiger partial charge in [-0.3, -0.25) is 0 Å². The number of rotatable bonds is 6. The highest BCUT2D eigenvalue weighted by atomic mass is 16.6. The summed E-state index contributed by atoms with van der Waals surface area (Å²) in [6.45, 7) is 12.2. The molecule has 7 nitrogen and oxygen atoms in total. The maximum Gasteiger partial charge on any atom is 0.407 e. The van der Waals surface area contributed by atoms with Crippen molar-refractivity contribution in [3.05, 3.63) is 0 Å². The number of carbonyl (C=O) groups is 3. The number of ketones is 1. The van der Waals surface area contributed by atoms with Gasteiger partial charge in [0, 0.05) is 13.0 Å². The molecule has 0 radical (unpaired) electrons. The molecule has 2 amide bonds. The first kappa shape index (κ1) is 21.2. The van der Waals surface area contributed by atoms with Gasteiger partial charge >= 0.3 is 12.2 Å². The summed E-state index contributed by atoms with van der Waals surface area (Å²) in [7, 11) is 0. The Kier molecular flexibility index (Phi) is 8.06. The molecule has 23 heavy (non-hydrogen) atoms. The van der Waals surface area contributed by atoms with Crippen LogP contribution in [0.15, 0.2) is 0 Å². The van der Waals surface area contributed by atoms with Gasteiger partial charge in [-0.1, -0.05) is 0 Å². The number of carbonyl (C=O) groups excluding carboxylic acids is 3. The summed E-state index contributed by atoms with van der Waals surface area (Å²) >= 11 is 0. The summed E-state index contributed by atoms with van der Waals surface area (Å²) in [5.74, 6) is 0.0123. The van der Waals surface area contributed by atoms with Crippen LogP contribution in [-0.2, 0) is 14.3 Å². The molecule has 0 aromatic heterocycles. The van der Waals surface area contributed by atoms with Crippen LogP contribution in [0.1, 0.15) is 61.3 Å². The van der Waals surface area contributed by atoms with Crippen molar-refractivity contribution in [2.45, 2.75) is 78.6 Å². The van der Waals surface area contributed by atoms with Crippen LogP contribution in [0.25, 0.3) is 0 Å². The van der Waals surface area contributed by atoms with Crippen molar-refractivity contribution in [2.75, 3.05) is 6.54 Å². The number of hydrogen-bond donors (Lipinski definition) is 2. The zero-order valence-electron chi connectivity index (χ0n) is 15.2. The van der Waals surface area contributed by atoms with E-state index in [0.29, 0.717) is 12.8 Å². The first-order chi connectivity index (χ1) is 10.3. The molecule has 0 heterocycles. The smallest absolute Gasteiger partial charge is 0.407 e. The van der Waals surface area contributed by atoms with Crippen LogP contribution in [0, 0.1) is 0 Å². The van der Waals surface area contributed by atoms with Crippen LogP contribution < -0.4 is 10.6 Å². The van der Waals surface area contributed by atoms with Gasteiger partial charge in [-0.25, -0.2) is 9.59 Å². The Balaban J connectivity index is 4.53. The third-order valence-corrected chi connectivity index (χ3v) is 2.46.